The highest BCUT2D eigenvalue weighted by Crippen LogP contribution is 2.24. The number of rotatable bonds is 4. The van der Waals surface area contributed by atoms with Gasteiger partial charge in [-0.1, -0.05) is 0 Å². The standard InChI is InChI=1S/C12H24N2O/c1-11-9-14-7-4-5-12(14)10-13(11)6-2-3-8-15/h11-12,15H,2-10H2,1H3. The molecule has 3 nitrogen and oxygen atoms in total. The Morgan fingerprint density at radius 3 is 2.93 bits per heavy atom. The van der Waals surface area contributed by atoms with E-state index in [1.807, 2.05) is 0 Å². The SMILES string of the molecule is CC1CN2CCCC2CN1CCCCO. The Kier molecular flexibility index (Phi) is 4.00. The van der Waals surface area contributed by atoms with Crippen molar-refractivity contribution in [1.82, 2.24) is 9.80 Å². The first-order chi connectivity index (χ1) is 7.31. The summed E-state index contributed by atoms with van der Waals surface area (Å²) in [5, 5.41) is 8.79. The lowest BCUT2D eigenvalue weighted by atomic mass is 10.1. The molecule has 2 saturated heterocycles. The molecule has 0 aromatic heterocycles. The van der Waals surface area contributed by atoms with Crippen LogP contribution < -0.4 is 0 Å². The van der Waals surface area contributed by atoms with E-state index in [1.165, 1.54) is 39.0 Å². The lowest BCUT2D eigenvalue weighted by Gasteiger charge is -2.42. The number of fused-ring (bicyclic) bond motifs is 1. The van der Waals surface area contributed by atoms with E-state index in [9.17, 15) is 0 Å². The third-order valence-electron chi connectivity index (χ3n) is 3.92. The van der Waals surface area contributed by atoms with Crippen molar-refractivity contribution in [3.05, 3.63) is 0 Å². The fourth-order valence-electron chi connectivity index (χ4n) is 2.99. The molecule has 0 saturated carbocycles. The first-order valence-electron chi connectivity index (χ1n) is 6.40. The van der Waals surface area contributed by atoms with Crippen molar-refractivity contribution < 1.29 is 5.11 Å². The highest BCUT2D eigenvalue weighted by molar-refractivity contribution is 4.90. The smallest absolute Gasteiger partial charge is 0.0431 e. The van der Waals surface area contributed by atoms with E-state index in [0.717, 1.165) is 18.9 Å². The molecular weight excluding hydrogens is 188 g/mol. The molecule has 88 valence electrons. The van der Waals surface area contributed by atoms with Crippen LogP contribution >= 0.6 is 0 Å². The van der Waals surface area contributed by atoms with Gasteiger partial charge in [-0.25, -0.2) is 0 Å². The third kappa shape index (κ3) is 2.71. The van der Waals surface area contributed by atoms with Gasteiger partial charge in [0.15, 0.2) is 0 Å². The van der Waals surface area contributed by atoms with Crippen molar-refractivity contribution in [2.75, 3.05) is 32.8 Å². The second-order valence-corrected chi connectivity index (χ2v) is 5.07. The summed E-state index contributed by atoms with van der Waals surface area (Å²) in [6.45, 7) is 7.69. The normalized spacial score (nSPS) is 33.2. The summed E-state index contributed by atoms with van der Waals surface area (Å²) >= 11 is 0. The van der Waals surface area contributed by atoms with Crippen LogP contribution in [0.4, 0.5) is 0 Å². The molecule has 0 radical (unpaired) electrons. The minimum absolute atomic E-state index is 0.345. The molecule has 2 heterocycles. The molecule has 3 heteroatoms. The Bertz CT molecular complexity index is 198. The molecule has 0 amide bonds. The zero-order chi connectivity index (χ0) is 10.7. The van der Waals surface area contributed by atoms with Crippen LogP contribution in [-0.2, 0) is 0 Å². The first kappa shape index (κ1) is 11.4. The zero-order valence-electron chi connectivity index (χ0n) is 9.86. The fraction of sp³-hybridized carbons (Fsp3) is 1.00. The van der Waals surface area contributed by atoms with E-state index >= 15 is 0 Å². The van der Waals surface area contributed by atoms with Gasteiger partial charge in [-0.05, 0) is 45.7 Å². The number of nitrogens with zero attached hydrogens (tertiary/aromatic N) is 2. The molecule has 0 aromatic rings. The van der Waals surface area contributed by atoms with Crippen LogP contribution in [0.3, 0.4) is 0 Å². The Labute approximate surface area is 93.1 Å². The molecule has 0 aromatic carbocycles. The second-order valence-electron chi connectivity index (χ2n) is 5.07. The van der Waals surface area contributed by atoms with Gasteiger partial charge in [0.2, 0.25) is 0 Å². The van der Waals surface area contributed by atoms with Crippen LogP contribution in [0.2, 0.25) is 0 Å². The maximum absolute atomic E-state index is 8.79. The third-order valence-corrected chi connectivity index (χ3v) is 3.92. The average molecular weight is 212 g/mol. The molecule has 0 aliphatic carbocycles. The summed E-state index contributed by atoms with van der Waals surface area (Å²) < 4.78 is 0. The van der Waals surface area contributed by atoms with Crippen LogP contribution in [0.5, 0.6) is 0 Å². The Morgan fingerprint density at radius 2 is 2.13 bits per heavy atom. The van der Waals surface area contributed by atoms with Crippen molar-refractivity contribution >= 4 is 0 Å². The number of unbranched alkanes of at least 4 members (excludes halogenated alkanes) is 1. The van der Waals surface area contributed by atoms with Gasteiger partial charge in [-0.2, -0.15) is 0 Å². The Balaban J connectivity index is 1.79. The Hall–Kier alpha value is -0.120. The van der Waals surface area contributed by atoms with Gasteiger partial charge in [0, 0.05) is 31.8 Å². The zero-order valence-corrected chi connectivity index (χ0v) is 9.86. The van der Waals surface area contributed by atoms with Crippen molar-refractivity contribution in [2.24, 2.45) is 0 Å². The van der Waals surface area contributed by atoms with Gasteiger partial charge in [-0.15, -0.1) is 0 Å². The van der Waals surface area contributed by atoms with E-state index in [1.54, 1.807) is 0 Å². The highest BCUT2D eigenvalue weighted by Gasteiger charge is 2.33. The fourth-order valence-corrected chi connectivity index (χ4v) is 2.99. The molecule has 0 bridgehead atoms. The Morgan fingerprint density at radius 1 is 1.27 bits per heavy atom. The molecule has 2 unspecified atom stereocenters. The van der Waals surface area contributed by atoms with Crippen LogP contribution in [0.15, 0.2) is 0 Å². The molecule has 2 aliphatic heterocycles. The maximum atomic E-state index is 8.79. The summed E-state index contributed by atoms with van der Waals surface area (Å²) in [5.74, 6) is 0. The van der Waals surface area contributed by atoms with Crippen molar-refractivity contribution in [2.45, 2.75) is 44.7 Å². The number of aliphatic hydroxyl groups excluding tert-OH is 1. The summed E-state index contributed by atoms with van der Waals surface area (Å²) in [7, 11) is 0. The highest BCUT2D eigenvalue weighted by atomic mass is 16.2. The number of aliphatic hydroxyl groups is 1. The second kappa shape index (κ2) is 5.28. The van der Waals surface area contributed by atoms with E-state index < -0.39 is 0 Å². The van der Waals surface area contributed by atoms with E-state index in [-0.39, 0.29) is 0 Å². The van der Waals surface area contributed by atoms with E-state index in [4.69, 9.17) is 5.11 Å². The molecule has 2 aliphatic rings. The quantitative estimate of drug-likeness (QED) is 0.702. The monoisotopic (exact) mass is 212 g/mol. The minimum atomic E-state index is 0.345. The summed E-state index contributed by atoms with van der Waals surface area (Å²) in [5.41, 5.74) is 0. The van der Waals surface area contributed by atoms with Crippen molar-refractivity contribution in [1.29, 1.82) is 0 Å². The summed E-state index contributed by atoms with van der Waals surface area (Å²) in [4.78, 5) is 5.27. The lowest BCUT2D eigenvalue weighted by molar-refractivity contribution is 0.0574. The van der Waals surface area contributed by atoms with E-state index in [2.05, 4.69) is 16.7 Å². The number of hydrogen-bond donors (Lipinski definition) is 1. The van der Waals surface area contributed by atoms with E-state index in [0.29, 0.717) is 12.6 Å². The van der Waals surface area contributed by atoms with Crippen LogP contribution in [0, 0.1) is 0 Å². The first-order valence-corrected chi connectivity index (χ1v) is 6.40. The van der Waals surface area contributed by atoms with Crippen LogP contribution in [-0.4, -0.2) is 59.8 Å². The number of hydrogen-bond acceptors (Lipinski definition) is 3. The molecule has 0 spiro atoms. The summed E-state index contributed by atoms with van der Waals surface area (Å²) in [6.07, 6.45) is 4.89. The predicted molar refractivity (Wildman–Crippen MR) is 61.9 cm³/mol. The molecule has 15 heavy (non-hydrogen) atoms. The van der Waals surface area contributed by atoms with Crippen molar-refractivity contribution in [3.8, 4) is 0 Å². The summed E-state index contributed by atoms with van der Waals surface area (Å²) in [6, 6.07) is 1.54. The average Bonchev–Trinajstić information content (AvgIpc) is 2.65. The van der Waals surface area contributed by atoms with Gasteiger partial charge in [-0.3, -0.25) is 9.80 Å². The topological polar surface area (TPSA) is 26.7 Å². The van der Waals surface area contributed by atoms with Gasteiger partial charge in [0.1, 0.15) is 0 Å². The molecule has 2 fully saturated rings. The predicted octanol–water partition coefficient (Wildman–Crippen LogP) is 0.927. The molecule has 1 N–H and O–H groups in total. The molecular formula is C12H24N2O. The maximum Gasteiger partial charge on any atom is 0.0431 e. The minimum Gasteiger partial charge on any atom is -0.396 e. The number of piperazine rings is 1. The molecule has 2 rings (SSSR count). The van der Waals surface area contributed by atoms with Gasteiger partial charge < -0.3 is 5.11 Å². The molecule has 2 atom stereocenters. The van der Waals surface area contributed by atoms with Gasteiger partial charge in [0.25, 0.3) is 0 Å². The lowest BCUT2D eigenvalue weighted by Crippen LogP contribution is -2.54. The van der Waals surface area contributed by atoms with Crippen molar-refractivity contribution in [3.63, 3.8) is 0 Å². The van der Waals surface area contributed by atoms with Gasteiger partial charge >= 0.3 is 0 Å². The van der Waals surface area contributed by atoms with Crippen LogP contribution in [0.25, 0.3) is 0 Å². The van der Waals surface area contributed by atoms with Crippen LogP contribution in [0.1, 0.15) is 32.6 Å². The largest absolute Gasteiger partial charge is 0.396 e. The van der Waals surface area contributed by atoms with Gasteiger partial charge in [0.05, 0.1) is 0 Å².